The second kappa shape index (κ2) is 7.65. The Labute approximate surface area is 154 Å². The first kappa shape index (κ1) is 18.1. The molecule has 0 radical (unpaired) electrons. The van der Waals surface area contributed by atoms with Gasteiger partial charge >= 0.3 is 0 Å². The fraction of sp³-hybridized carbons (Fsp3) is 0.579. The number of alkyl halides is 1. The van der Waals surface area contributed by atoms with Gasteiger partial charge in [0, 0.05) is 30.5 Å². The molecule has 1 aromatic rings. The highest BCUT2D eigenvalue weighted by molar-refractivity contribution is 6.32. The Morgan fingerprint density at radius 3 is 2.48 bits per heavy atom. The van der Waals surface area contributed by atoms with Crippen LogP contribution in [-0.2, 0) is 4.79 Å². The molecule has 136 valence electrons. The molecule has 1 saturated carbocycles. The smallest absolute Gasteiger partial charge is 0.253 e. The van der Waals surface area contributed by atoms with E-state index in [4.69, 9.17) is 11.6 Å². The molecule has 1 aliphatic carbocycles. The molecule has 0 spiro atoms. The number of piperidine rings is 1. The average molecular weight is 364 g/mol. The number of amides is 2. The zero-order chi connectivity index (χ0) is 18.0. The van der Waals surface area contributed by atoms with Crippen LogP contribution in [0.2, 0.25) is 0 Å². The summed E-state index contributed by atoms with van der Waals surface area (Å²) in [7, 11) is 0. The summed E-state index contributed by atoms with van der Waals surface area (Å²) >= 11 is 5.82. The molecule has 1 saturated heterocycles. The van der Waals surface area contributed by atoms with E-state index in [0.29, 0.717) is 17.3 Å². The van der Waals surface area contributed by atoms with Crippen LogP contribution in [0, 0.1) is 5.92 Å². The van der Waals surface area contributed by atoms with E-state index in [2.05, 4.69) is 22.5 Å². The Kier molecular flexibility index (Phi) is 5.52. The molecule has 1 aromatic carbocycles. The first-order valence-electron chi connectivity index (χ1n) is 9.09. The zero-order valence-electron chi connectivity index (χ0n) is 14.8. The Morgan fingerprint density at radius 1 is 1.20 bits per heavy atom. The SMILES string of the molecule is CC1CCN(c2ccc(NC(=O)C(C)Cl)cc2C(=O)NC2CC2)CC1. The highest BCUT2D eigenvalue weighted by atomic mass is 35.5. The van der Waals surface area contributed by atoms with Gasteiger partial charge < -0.3 is 15.5 Å². The molecule has 0 bridgehead atoms. The quantitative estimate of drug-likeness (QED) is 0.788. The summed E-state index contributed by atoms with van der Waals surface area (Å²) in [5.74, 6) is 0.393. The van der Waals surface area contributed by atoms with Gasteiger partial charge in [-0.05, 0) is 56.7 Å². The number of hydrogen-bond donors (Lipinski definition) is 2. The summed E-state index contributed by atoms with van der Waals surface area (Å²) in [6, 6.07) is 5.84. The second-order valence-corrected chi connectivity index (χ2v) is 7.91. The molecule has 5 nitrogen and oxygen atoms in total. The van der Waals surface area contributed by atoms with E-state index in [1.54, 1.807) is 13.0 Å². The van der Waals surface area contributed by atoms with Crippen molar-refractivity contribution in [2.24, 2.45) is 5.92 Å². The third kappa shape index (κ3) is 4.66. The lowest BCUT2D eigenvalue weighted by molar-refractivity contribution is -0.115. The Hall–Kier alpha value is -1.75. The molecule has 2 amide bonds. The van der Waals surface area contributed by atoms with Crippen LogP contribution >= 0.6 is 11.6 Å². The van der Waals surface area contributed by atoms with Crippen molar-refractivity contribution in [1.29, 1.82) is 0 Å². The van der Waals surface area contributed by atoms with E-state index in [9.17, 15) is 9.59 Å². The minimum atomic E-state index is -0.619. The molecule has 1 aliphatic heterocycles. The predicted octanol–water partition coefficient (Wildman–Crippen LogP) is 3.38. The van der Waals surface area contributed by atoms with Crippen LogP contribution in [0.25, 0.3) is 0 Å². The number of nitrogens with zero attached hydrogens (tertiary/aromatic N) is 1. The van der Waals surface area contributed by atoms with Crippen molar-refractivity contribution in [3.05, 3.63) is 23.8 Å². The maximum absolute atomic E-state index is 12.7. The van der Waals surface area contributed by atoms with Crippen LogP contribution in [0.1, 0.15) is 49.9 Å². The highest BCUT2D eigenvalue weighted by Gasteiger charge is 2.27. The van der Waals surface area contributed by atoms with E-state index < -0.39 is 5.38 Å². The van der Waals surface area contributed by atoms with Gasteiger partial charge in [0.1, 0.15) is 5.38 Å². The molecular weight excluding hydrogens is 338 g/mol. The van der Waals surface area contributed by atoms with Crippen LogP contribution < -0.4 is 15.5 Å². The third-order valence-corrected chi connectivity index (χ3v) is 5.11. The van der Waals surface area contributed by atoms with E-state index in [0.717, 1.165) is 50.4 Å². The van der Waals surface area contributed by atoms with Crippen molar-refractivity contribution < 1.29 is 9.59 Å². The van der Waals surface area contributed by atoms with Gasteiger partial charge in [0.2, 0.25) is 5.91 Å². The number of benzene rings is 1. The van der Waals surface area contributed by atoms with Gasteiger partial charge in [-0.2, -0.15) is 0 Å². The van der Waals surface area contributed by atoms with E-state index >= 15 is 0 Å². The molecule has 2 aliphatic rings. The number of carbonyl (C=O) groups is 2. The van der Waals surface area contributed by atoms with Gasteiger partial charge in [0.05, 0.1) is 5.56 Å². The van der Waals surface area contributed by atoms with Crippen LogP contribution in [0.5, 0.6) is 0 Å². The average Bonchev–Trinajstić information content (AvgIpc) is 3.39. The maximum Gasteiger partial charge on any atom is 0.253 e. The summed E-state index contributed by atoms with van der Waals surface area (Å²) < 4.78 is 0. The van der Waals surface area contributed by atoms with Gasteiger partial charge in [-0.15, -0.1) is 11.6 Å². The minimum absolute atomic E-state index is 0.0638. The van der Waals surface area contributed by atoms with Gasteiger partial charge in [-0.25, -0.2) is 0 Å². The molecule has 1 heterocycles. The molecule has 1 atom stereocenters. The summed E-state index contributed by atoms with van der Waals surface area (Å²) in [6.45, 7) is 5.80. The number of rotatable bonds is 5. The normalized spacial score (nSPS) is 19.4. The summed E-state index contributed by atoms with van der Waals surface area (Å²) in [4.78, 5) is 26.8. The number of halogens is 1. The number of hydrogen-bond acceptors (Lipinski definition) is 3. The first-order valence-corrected chi connectivity index (χ1v) is 9.52. The van der Waals surface area contributed by atoms with E-state index in [1.165, 1.54) is 0 Å². The van der Waals surface area contributed by atoms with Gasteiger partial charge in [-0.3, -0.25) is 9.59 Å². The number of anilines is 2. The zero-order valence-corrected chi connectivity index (χ0v) is 15.6. The van der Waals surface area contributed by atoms with Crippen LogP contribution in [-0.4, -0.2) is 36.3 Å². The van der Waals surface area contributed by atoms with Gasteiger partial charge in [-0.1, -0.05) is 6.92 Å². The lowest BCUT2D eigenvalue weighted by atomic mass is 9.97. The minimum Gasteiger partial charge on any atom is -0.371 e. The van der Waals surface area contributed by atoms with Crippen molar-refractivity contribution in [3.63, 3.8) is 0 Å². The molecular formula is C19H26ClN3O2. The largest absolute Gasteiger partial charge is 0.371 e. The maximum atomic E-state index is 12.7. The van der Waals surface area contributed by atoms with Crippen LogP contribution in [0.15, 0.2) is 18.2 Å². The van der Waals surface area contributed by atoms with Crippen molar-refractivity contribution in [2.45, 2.75) is 50.9 Å². The van der Waals surface area contributed by atoms with Crippen LogP contribution in [0.4, 0.5) is 11.4 Å². The molecule has 6 heteroatoms. The van der Waals surface area contributed by atoms with Gasteiger partial charge in [0.15, 0.2) is 0 Å². The van der Waals surface area contributed by atoms with E-state index in [-0.39, 0.29) is 11.8 Å². The van der Waals surface area contributed by atoms with Gasteiger partial charge in [0.25, 0.3) is 5.91 Å². The predicted molar refractivity (Wildman–Crippen MR) is 101 cm³/mol. The molecule has 3 rings (SSSR count). The topological polar surface area (TPSA) is 61.4 Å². The number of nitrogens with one attached hydrogen (secondary N) is 2. The molecule has 2 fully saturated rings. The summed E-state index contributed by atoms with van der Waals surface area (Å²) in [5, 5.41) is 5.21. The monoisotopic (exact) mass is 363 g/mol. The standard InChI is InChI=1S/C19H26ClN3O2/c1-12-7-9-23(10-8-12)17-6-5-15(22-18(24)13(2)20)11-16(17)19(25)21-14-3-4-14/h5-6,11-14H,3-4,7-10H2,1-2H3,(H,21,25)(H,22,24). The van der Waals surface area contributed by atoms with E-state index in [1.807, 2.05) is 12.1 Å². The molecule has 0 aromatic heterocycles. The number of carbonyl (C=O) groups excluding carboxylic acids is 2. The van der Waals surface area contributed by atoms with Crippen LogP contribution in [0.3, 0.4) is 0 Å². The second-order valence-electron chi connectivity index (χ2n) is 7.25. The summed E-state index contributed by atoms with van der Waals surface area (Å²) in [6.07, 6.45) is 4.35. The Bertz CT molecular complexity index is 650. The molecule has 25 heavy (non-hydrogen) atoms. The van der Waals surface area contributed by atoms with Crippen molar-refractivity contribution >= 4 is 34.8 Å². The molecule has 2 N–H and O–H groups in total. The Morgan fingerprint density at radius 2 is 1.88 bits per heavy atom. The lowest BCUT2D eigenvalue weighted by Gasteiger charge is -2.33. The fourth-order valence-electron chi connectivity index (χ4n) is 3.05. The lowest BCUT2D eigenvalue weighted by Crippen LogP contribution is -2.35. The first-order chi connectivity index (χ1) is 11.9. The third-order valence-electron chi connectivity index (χ3n) is 4.91. The highest BCUT2D eigenvalue weighted by Crippen LogP contribution is 2.30. The van der Waals surface area contributed by atoms with Crippen molar-refractivity contribution in [1.82, 2.24) is 5.32 Å². The molecule has 1 unspecified atom stereocenters. The Balaban J connectivity index is 1.84. The van der Waals surface area contributed by atoms with Crippen molar-refractivity contribution in [3.8, 4) is 0 Å². The van der Waals surface area contributed by atoms with Crippen molar-refractivity contribution in [2.75, 3.05) is 23.3 Å². The fourth-order valence-corrected chi connectivity index (χ4v) is 3.11. The summed E-state index contributed by atoms with van der Waals surface area (Å²) in [5.41, 5.74) is 2.18.